The molecular formula is C19H23N3O. The highest BCUT2D eigenvalue weighted by molar-refractivity contribution is 5.73. The number of phenols is 1. The SMILES string of the molecule is Cc1cc(-c2ccncc2)cc(C=C2CCCC(N)C2N)c1O. The lowest BCUT2D eigenvalue weighted by atomic mass is 9.85. The van der Waals surface area contributed by atoms with Gasteiger partial charge in [0.1, 0.15) is 5.75 Å². The number of rotatable bonds is 2. The van der Waals surface area contributed by atoms with E-state index in [9.17, 15) is 5.11 Å². The lowest BCUT2D eigenvalue weighted by Crippen LogP contribution is -2.45. The van der Waals surface area contributed by atoms with E-state index in [1.54, 1.807) is 12.4 Å². The van der Waals surface area contributed by atoms with E-state index in [2.05, 4.69) is 4.98 Å². The largest absolute Gasteiger partial charge is 0.507 e. The van der Waals surface area contributed by atoms with Crippen LogP contribution in [0.1, 0.15) is 30.4 Å². The first kappa shape index (κ1) is 15.7. The van der Waals surface area contributed by atoms with Crippen LogP contribution in [0.2, 0.25) is 0 Å². The van der Waals surface area contributed by atoms with Crippen molar-refractivity contribution in [2.75, 3.05) is 0 Å². The summed E-state index contributed by atoms with van der Waals surface area (Å²) in [4.78, 5) is 4.05. The quantitative estimate of drug-likeness (QED) is 0.796. The fourth-order valence-corrected chi connectivity index (χ4v) is 3.16. The number of benzene rings is 1. The predicted octanol–water partition coefficient (Wildman–Crippen LogP) is 2.98. The third kappa shape index (κ3) is 3.28. The van der Waals surface area contributed by atoms with Crippen molar-refractivity contribution >= 4 is 6.08 Å². The summed E-state index contributed by atoms with van der Waals surface area (Å²) in [5, 5.41) is 10.4. The zero-order chi connectivity index (χ0) is 16.4. The Morgan fingerprint density at radius 2 is 1.91 bits per heavy atom. The Morgan fingerprint density at radius 1 is 1.17 bits per heavy atom. The second-order valence-electron chi connectivity index (χ2n) is 6.27. The van der Waals surface area contributed by atoms with Gasteiger partial charge in [-0.3, -0.25) is 4.98 Å². The van der Waals surface area contributed by atoms with Crippen molar-refractivity contribution in [2.45, 2.75) is 38.3 Å². The highest BCUT2D eigenvalue weighted by atomic mass is 16.3. The van der Waals surface area contributed by atoms with E-state index in [1.807, 2.05) is 37.3 Å². The van der Waals surface area contributed by atoms with Crippen LogP contribution in [0, 0.1) is 6.92 Å². The van der Waals surface area contributed by atoms with E-state index in [4.69, 9.17) is 11.5 Å². The van der Waals surface area contributed by atoms with Crippen LogP contribution in [0.5, 0.6) is 5.75 Å². The number of hydrogen-bond acceptors (Lipinski definition) is 4. The molecule has 2 aromatic rings. The lowest BCUT2D eigenvalue weighted by molar-refractivity contribution is 0.462. The second kappa shape index (κ2) is 6.52. The molecule has 4 heteroatoms. The Kier molecular flexibility index (Phi) is 4.46. The van der Waals surface area contributed by atoms with Crippen LogP contribution >= 0.6 is 0 Å². The van der Waals surface area contributed by atoms with Gasteiger partial charge in [0.05, 0.1) is 0 Å². The Hall–Kier alpha value is -2.17. The van der Waals surface area contributed by atoms with Gasteiger partial charge in [-0.15, -0.1) is 0 Å². The standard InChI is InChI=1S/C19H23N3O/c1-12-9-15(13-5-7-22-8-6-13)11-16(19(12)23)10-14-3-2-4-17(20)18(14)21/h5-11,17-18,23H,2-4,20-21H2,1H3. The Bertz CT molecular complexity index is 725. The average Bonchev–Trinajstić information content (AvgIpc) is 2.56. The van der Waals surface area contributed by atoms with Gasteiger partial charge in [-0.25, -0.2) is 0 Å². The fourth-order valence-electron chi connectivity index (χ4n) is 3.16. The molecule has 0 radical (unpaired) electrons. The Morgan fingerprint density at radius 3 is 2.65 bits per heavy atom. The molecular weight excluding hydrogens is 286 g/mol. The van der Waals surface area contributed by atoms with Crippen LogP contribution in [0.3, 0.4) is 0 Å². The third-order valence-electron chi connectivity index (χ3n) is 4.58. The summed E-state index contributed by atoms with van der Waals surface area (Å²) in [6, 6.07) is 7.78. The monoisotopic (exact) mass is 309 g/mol. The average molecular weight is 309 g/mol. The molecule has 1 heterocycles. The zero-order valence-electron chi connectivity index (χ0n) is 13.4. The maximum Gasteiger partial charge on any atom is 0.125 e. The summed E-state index contributed by atoms with van der Waals surface area (Å²) < 4.78 is 0. The van der Waals surface area contributed by atoms with Crippen LogP contribution in [0.15, 0.2) is 42.2 Å². The van der Waals surface area contributed by atoms with Crippen LogP contribution in [0.4, 0.5) is 0 Å². The van der Waals surface area contributed by atoms with E-state index in [0.29, 0.717) is 5.75 Å². The zero-order valence-corrected chi connectivity index (χ0v) is 13.4. The van der Waals surface area contributed by atoms with Gasteiger partial charge in [0.15, 0.2) is 0 Å². The molecule has 4 nitrogen and oxygen atoms in total. The molecule has 1 saturated carbocycles. The summed E-state index contributed by atoms with van der Waals surface area (Å²) in [5.41, 5.74) is 17.2. The summed E-state index contributed by atoms with van der Waals surface area (Å²) >= 11 is 0. The minimum absolute atomic E-state index is 0.00150. The van der Waals surface area contributed by atoms with Gasteiger partial charge in [0, 0.05) is 30.0 Å². The molecule has 120 valence electrons. The molecule has 2 atom stereocenters. The van der Waals surface area contributed by atoms with Gasteiger partial charge in [0.2, 0.25) is 0 Å². The molecule has 0 bridgehead atoms. The smallest absolute Gasteiger partial charge is 0.125 e. The van der Waals surface area contributed by atoms with Gasteiger partial charge in [-0.05, 0) is 67.1 Å². The van der Waals surface area contributed by atoms with Gasteiger partial charge in [-0.1, -0.05) is 11.6 Å². The number of pyridine rings is 1. The number of nitrogens with zero attached hydrogens (tertiary/aromatic N) is 1. The second-order valence-corrected chi connectivity index (χ2v) is 6.27. The lowest BCUT2D eigenvalue weighted by Gasteiger charge is -2.28. The molecule has 2 unspecified atom stereocenters. The van der Waals surface area contributed by atoms with Crippen LogP contribution in [0.25, 0.3) is 17.2 Å². The number of aromatic nitrogens is 1. The van der Waals surface area contributed by atoms with Crippen LogP contribution in [-0.2, 0) is 0 Å². The third-order valence-corrected chi connectivity index (χ3v) is 4.58. The highest BCUT2D eigenvalue weighted by Crippen LogP contribution is 2.33. The molecule has 1 aromatic carbocycles. The molecule has 0 spiro atoms. The Labute approximate surface area is 136 Å². The molecule has 23 heavy (non-hydrogen) atoms. The molecule has 1 fully saturated rings. The van der Waals surface area contributed by atoms with Gasteiger partial charge in [-0.2, -0.15) is 0 Å². The van der Waals surface area contributed by atoms with E-state index >= 15 is 0 Å². The van der Waals surface area contributed by atoms with Crippen LogP contribution < -0.4 is 11.5 Å². The first-order valence-electron chi connectivity index (χ1n) is 8.02. The first-order valence-corrected chi connectivity index (χ1v) is 8.02. The number of phenolic OH excluding ortho intramolecular Hbond substituents is 1. The van der Waals surface area contributed by atoms with Crippen molar-refractivity contribution in [1.82, 2.24) is 4.98 Å². The van der Waals surface area contributed by atoms with Gasteiger partial charge < -0.3 is 16.6 Å². The number of nitrogens with two attached hydrogens (primary N) is 2. The molecule has 5 N–H and O–H groups in total. The normalized spacial score (nSPS) is 23.2. The van der Waals surface area contributed by atoms with Crippen molar-refractivity contribution in [3.8, 4) is 16.9 Å². The number of hydrogen-bond donors (Lipinski definition) is 3. The molecule has 1 aliphatic carbocycles. The van der Waals surface area contributed by atoms with Crippen molar-refractivity contribution in [3.63, 3.8) is 0 Å². The maximum atomic E-state index is 10.4. The van der Waals surface area contributed by atoms with E-state index < -0.39 is 0 Å². The molecule has 1 aliphatic rings. The van der Waals surface area contributed by atoms with E-state index in [0.717, 1.165) is 47.1 Å². The topological polar surface area (TPSA) is 85.2 Å². The minimum Gasteiger partial charge on any atom is -0.507 e. The molecule has 0 aliphatic heterocycles. The maximum absolute atomic E-state index is 10.4. The first-order chi connectivity index (χ1) is 11.1. The summed E-state index contributed by atoms with van der Waals surface area (Å²) in [6.45, 7) is 1.91. The molecule has 3 rings (SSSR count). The summed E-state index contributed by atoms with van der Waals surface area (Å²) in [7, 11) is 0. The van der Waals surface area contributed by atoms with Crippen molar-refractivity contribution in [3.05, 3.63) is 53.4 Å². The van der Waals surface area contributed by atoms with Gasteiger partial charge in [0.25, 0.3) is 0 Å². The predicted molar refractivity (Wildman–Crippen MR) is 93.9 cm³/mol. The van der Waals surface area contributed by atoms with Crippen LogP contribution in [-0.4, -0.2) is 22.2 Å². The van der Waals surface area contributed by atoms with Crippen molar-refractivity contribution < 1.29 is 5.11 Å². The fraction of sp³-hybridized carbons (Fsp3) is 0.316. The van der Waals surface area contributed by atoms with Crippen molar-refractivity contribution in [1.29, 1.82) is 0 Å². The minimum atomic E-state index is -0.131. The number of aromatic hydroxyl groups is 1. The van der Waals surface area contributed by atoms with E-state index in [-0.39, 0.29) is 12.1 Å². The summed E-state index contributed by atoms with van der Waals surface area (Å²) in [5.74, 6) is 0.307. The Balaban J connectivity index is 2.04. The number of aryl methyl sites for hydroxylation is 1. The molecule has 0 amide bonds. The molecule has 0 saturated heterocycles. The van der Waals surface area contributed by atoms with E-state index in [1.165, 1.54) is 0 Å². The molecule has 1 aromatic heterocycles. The van der Waals surface area contributed by atoms with Crippen molar-refractivity contribution in [2.24, 2.45) is 11.5 Å². The summed E-state index contributed by atoms with van der Waals surface area (Å²) in [6.07, 6.45) is 8.49. The van der Waals surface area contributed by atoms with Gasteiger partial charge >= 0.3 is 0 Å². The highest BCUT2D eigenvalue weighted by Gasteiger charge is 2.22.